The zero-order valence-electron chi connectivity index (χ0n) is 14.5. The summed E-state index contributed by atoms with van der Waals surface area (Å²) in [5.74, 6) is 1.23. The molecule has 0 spiro atoms. The third kappa shape index (κ3) is 2.95. The largest absolute Gasteiger partial charge is 0.497 e. The predicted octanol–water partition coefficient (Wildman–Crippen LogP) is 5.39. The van der Waals surface area contributed by atoms with Crippen LogP contribution in [0.4, 0.5) is 5.69 Å². The maximum Gasteiger partial charge on any atom is 0.258 e. The van der Waals surface area contributed by atoms with Crippen LogP contribution in [0.25, 0.3) is 0 Å². The first-order valence-electron chi connectivity index (χ1n) is 8.11. The second-order valence-electron chi connectivity index (χ2n) is 6.99. The number of anilines is 1. The van der Waals surface area contributed by atoms with Crippen molar-refractivity contribution in [1.82, 2.24) is 0 Å². The number of ether oxygens (including phenoxy) is 1. The molecule has 0 bridgehead atoms. The molecule has 0 saturated heterocycles. The fourth-order valence-electron chi connectivity index (χ4n) is 3.67. The Morgan fingerprint density at radius 3 is 2.67 bits per heavy atom. The quantitative estimate of drug-likeness (QED) is 0.690. The normalized spacial score (nSPS) is 18.9. The van der Waals surface area contributed by atoms with Crippen molar-refractivity contribution in [3.63, 3.8) is 0 Å². The van der Waals surface area contributed by atoms with Crippen molar-refractivity contribution in [2.24, 2.45) is 0 Å². The minimum absolute atomic E-state index is 0.0274. The summed E-state index contributed by atoms with van der Waals surface area (Å²) in [5.41, 5.74) is 2.58. The first kappa shape index (κ1) is 17.0. The van der Waals surface area contributed by atoms with E-state index in [-0.39, 0.29) is 11.4 Å². The second kappa shape index (κ2) is 6.25. The molecule has 1 aliphatic heterocycles. The van der Waals surface area contributed by atoms with Crippen molar-refractivity contribution < 1.29 is 9.53 Å². The SMILES string of the molecule is COc1ccc2c(c1)[C@H](C)CC(C)(C)N2C(=O)c1cccc(Br)c1. The van der Waals surface area contributed by atoms with E-state index in [0.717, 1.165) is 27.9 Å². The van der Waals surface area contributed by atoms with Crippen LogP contribution in [-0.2, 0) is 0 Å². The molecule has 4 heteroatoms. The maximum atomic E-state index is 13.3. The molecule has 2 aromatic carbocycles. The number of carbonyl (C=O) groups is 1. The Labute approximate surface area is 151 Å². The molecule has 0 aliphatic carbocycles. The van der Waals surface area contributed by atoms with Gasteiger partial charge in [-0.25, -0.2) is 0 Å². The van der Waals surface area contributed by atoms with Gasteiger partial charge in [0.1, 0.15) is 5.75 Å². The molecule has 2 aromatic rings. The lowest BCUT2D eigenvalue weighted by atomic mass is 9.79. The van der Waals surface area contributed by atoms with Crippen molar-refractivity contribution in [3.05, 3.63) is 58.1 Å². The number of methoxy groups -OCH3 is 1. The monoisotopic (exact) mass is 387 g/mol. The average Bonchev–Trinajstić information content (AvgIpc) is 2.53. The Balaban J connectivity index is 2.12. The van der Waals surface area contributed by atoms with Crippen LogP contribution in [-0.4, -0.2) is 18.6 Å². The topological polar surface area (TPSA) is 29.5 Å². The Morgan fingerprint density at radius 2 is 2.00 bits per heavy atom. The molecular formula is C20H22BrNO2. The number of rotatable bonds is 2. The van der Waals surface area contributed by atoms with Gasteiger partial charge in [-0.2, -0.15) is 0 Å². The molecule has 0 aromatic heterocycles. The van der Waals surface area contributed by atoms with Crippen LogP contribution in [0.1, 0.15) is 49.0 Å². The van der Waals surface area contributed by atoms with Gasteiger partial charge in [-0.1, -0.05) is 28.9 Å². The van der Waals surface area contributed by atoms with E-state index in [1.54, 1.807) is 7.11 Å². The van der Waals surface area contributed by atoms with E-state index in [9.17, 15) is 4.79 Å². The standard InChI is InChI=1S/C20H22BrNO2/c1-13-12-20(2,3)22(18-9-8-16(24-4)11-17(13)18)19(23)14-6-5-7-15(21)10-14/h5-11,13H,12H2,1-4H3/t13-/m1/s1. The summed E-state index contributed by atoms with van der Waals surface area (Å²) in [6, 6.07) is 13.5. The molecular weight excluding hydrogens is 366 g/mol. The highest BCUT2D eigenvalue weighted by molar-refractivity contribution is 9.10. The van der Waals surface area contributed by atoms with Gasteiger partial charge < -0.3 is 9.64 Å². The van der Waals surface area contributed by atoms with Crippen LogP contribution in [0.5, 0.6) is 5.75 Å². The van der Waals surface area contributed by atoms with Gasteiger partial charge in [0, 0.05) is 21.3 Å². The summed E-state index contributed by atoms with van der Waals surface area (Å²) in [6.45, 7) is 6.47. The molecule has 0 N–H and O–H groups in total. The van der Waals surface area contributed by atoms with E-state index >= 15 is 0 Å². The Kier molecular flexibility index (Phi) is 4.43. The van der Waals surface area contributed by atoms with Gasteiger partial charge in [-0.05, 0) is 68.1 Å². The van der Waals surface area contributed by atoms with Crippen molar-refractivity contribution in [1.29, 1.82) is 0 Å². The third-order valence-corrected chi connectivity index (χ3v) is 5.19. The number of hydrogen-bond donors (Lipinski definition) is 0. The molecule has 1 amide bonds. The average molecular weight is 388 g/mol. The van der Waals surface area contributed by atoms with Crippen LogP contribution in [0, 0.1) is 0 Å². The molecule has 24 heavy (non-hydrogen) atoms. The summed E-state index contributed by atoms with van der Waals surface area (Å²) < 4.78 is 6.28. The highest BCUT2D eigenvalue weighted by Gasteiger charge is 2.40. The number of benzene rings is 2. The first-order chi connectivity index (χ1) is 11.3. The molecule has 1 aliphatic rings. The van der Waals surface area contributed by atoms with Gasteiger partial charge in [0.2, 0.25) is 0 Å². The van der Waals surface area contributed by atoms with Crippen LogP contribution in [0.2, 0.25) is 0 Å². The van der Waals surface area contributed by atoms with Crippen molar-refractivity contribution in [2.45, 2.75) is 38.6 Å². The third-order valence-electron chi connectivity index (χ3n) is 4.69. The molecule has 1 heterocycles. The zero-order chi connectivity index (χ0) is 17.5. The predicted molar refractivity (Wildman–Crippen MR) is 101 cm³/mol. The Morgan fingerprint density at radius 1 is 1.25 bits per heavy atom. The smallest absolute Gasteiger partial charge is 0.258 e. The van der Waals surface area contributed by atoms with Crippen LogP contribution < -0.4 is 9.64 Å². The minimum atomic E-state index is -0.250. The van der Waals surface area contributed by atoms with E-state index in [1.165, 1.54) is 0 Å². The number of carbonyl (C=O) groups excluding carboxylic acids is 1. The van der Waals surface area contributed by atoms with Gasteiger partial charge >= 0.3 is 0 Å². The molecule has 1 atom stereocenters. The number of halogens is 1. The number of nitrogens with zero attached hydrogens (tertiary/aromatic N) is 1. The summed E-state index contributed by atoms with van der Waals surface area (Å²) in [6.07, 6.45) is 0.910. The van der Waals surface area contributed by atoms with E-state index < -0.39 is 0 Å². The highest BCUT2D eigenvalue weighted by atomic mass is 79.9. The number of amides is 1. The second-order valence-corrected chi connectivity index (χ2v) is 7.91. The van der Waals surface area contributed by atoms with Crippen molar-refractivity contribution in [3.8, 4) is 5.75 Å². The van der Waals surface area contributed by atoms with Gasteiger partial charge in [0.15, 0.2) is 0 Å². The molecule has 0 radical (unpaired) electrons. The lowest BCUT2D eigenvalue weighted by molar-refractivity contribution is 0.0953. The molecule has 0 fully saturated rings. The lowest BCUT2D eigenvalue weighted by Gasteiger charge is -2.46. The first-order valence-corrected chi connectivity index (χ1v) is 8.91. The fraction of sp³-hybridized carbons (Fsp3) is 0.350. The summed E-state index contributed by atoms with van der Waals surface area (Å²) in [4.78, 5) is 15.2. The van der Waals surface area contributed by atoms with Gasteiger partial charge in [0.05, 0.1) is 7.11 Å². The van der Waals surface area contributed by atoms with E-state index in [0.29, 0.717) is 11.5 Å². The van der Waals surface area contributed by atoms with Gasteiger partial charge in [-0.3, -0.25) is 4.79 Å². The van der Waals surface area contributed by atoms with Crippen LogP contribution >= 0.6 is 15.9 Å². The van der Waals surface area contributed by atoms with E-state index in [2.05, 4.69) is 42.8 Å². The molecule has 0 saturated carbocycles. The molecule has 3 nitrogen and oxygen atoms in total. The van der Waals surface area contributed by atoms with E-state index in [1.807, 2.05) is 41.3 Å². The minimum Gasteiger partial charge on any atom is -0.497 e. The van der Waals surface area contributed by atoms with Crippen LogP contribution in [0.15, 0.2) is 46.9 Å². The van der Waals surface area contributed by atoms with Crippen molar-refractivity contribution >= 4 is 27.5 Å². The van der Waals surface area contributed by atoms with Crippen molar-refractivity contribution in [2.75, 3.05) is 12.0 Å². The maximum absolute atomic E-state index is 13.3. The fourth-order valence-corrected chi connectivity index (χ4v) is 4.07. The van der Waals surface area contributed by atoms with Gasteiger partial charge in [-0.15, -0.1) is 0 Å². The Bertz CT molecular complexity index is 785. The number of fused-ring (bicyclic) bond motifs is 1. The Hall–Kier alpha value is -1.81. The molecule has 126 valence electrons. The van der Waals surface area contributed by atoms with E-state index in [4.69, 9.17) is 4.74 Å². The molecule has 0 unspecified atom stereocenters. The summed E-state index contributed by atoms with van der Waals surface area (Å²) in [7, 11) is 1.67. The van der Waals surface area contributed by atoms with Crippen LogP contribution in [0.3, 0.4) is 0 Å². The summed E-state index contributed by atoms with van der Waals surface area (Å²) >= 11 is 3.46. The molecule has 3 rings (SSSR count). The zero-order valence-corrected chi connectivity index (χ0v) is 16.1. The van der Waals surface area contributed by atoms with Gasteiger partial charge in [0.25, 0.3) is 5.91 Å². The summed E-state index contributed by atoms with van der Waals surface area (Å²) in [5, 5.41) is 0. The lowest BCUT2D eigenvalue weighted by Crippen LogP contribution is -2.51. The number of hydrogen-bond acceptors (Lipinski definition) is 2. The highest BCUT2D eigenvalue weighted by Crippen LogP contribution is 2.45.